The highest BCUT2D eigenvalue weighted by atomic mass is 35.5. The molecule has 132 valence electrons. The zero-order valence-electron chi connectivity index (χ0n) is 14.3. The molecule has 1 fully saturated rings. The minimum atomic E-state index is -0.276. The quantitative estimate of drug-likeness (QED) is 0.660. The Morgan fingerprint density at radius 2 is 1.83 bits per heavy atom. The Kier molecular flexibility index (Phi) is 9.14. The van der Waals surface area contributed by atoms with E-state index in [2.05, 4.69) is 37.1 Å². The second-order valence-corrected chi connectivity index (χ2v) is 6.72. The Morgan fingerprint density at radius 1 is 1.22 bits per heavy atom. The van der Waals surface area contributed by atoms with Crippen LogP contribution in [0.3, 0.4) is 0 Å². The van der Waals surface area contributed by atoms with Gasteiger partial charge in [0.25, 0.3) is 0 Å². The van der Waals surface area contributed by atoms with Crippen molar-refractivity contribution in [3.8, 4) is 5.75 Å². The summed E-state index contributed by atoms with van der Waals surface area (Å²) in [6.07, 6.45) is 0. The van der Waals surface area contributed by atoms with E-state index < -0.39 is 0 Å². The lowest BCUT2D eigenvalue weighted by atomic mass is 9.81. The lowest BCUT2D eigenvalue weighted by Crippen LogP contribution is -2.48. The van der Waals surface area contributed by atoms with E-state index in [1.165, 1.54) is 12.5 Å². The van der Waals surface area contributed by atoms with Crippen LogP contribution >= 0.6 is 24.8 Å². The average molecular weight is 363 g/mol. The summed E-state index contributed by atoms with van der Waals surface area (Å²) in [5.74, 6) is 0.353. The Hall–Kier alpha value is -0.810. The van der Waals surface area contributed by atoms with Crippen molar-refractivity contribution in [3.63, 3.8) is 0 Å². The van der Waals surface area contributed by atoms with E-state index in [9.17, 15) is 4.79 Å². The molecule has 4 nitrogen and oxygen atoms in total. The monoisotopic (exact) mass is 362 g/mol. The number of benzene rings is 1. The summed E-state index contributed by atoms with van der Waals surface area (Å²) < 4.78 is 5.24. The van der Waals surface area contributed by atoms with E-state index in [-0.39, 0.29) is 36.2 Å². The minimum Gasteiger partial charge on any atom is -0.427 e. The predicted molar refractivity (Wildman–Crippen MR) is 98.9 cm³/mol. The van der Waals surface area contributed by atoms with Crippen molar-refractivity contribution < 1.29 is 9.53 Å². The molecule has 1 aromatic carbocycles. The number of piperazine rings is 1. The van der Waals surface area contributed by atoms with Crippen LogP contribution in [-0.2, 0) is 4.79 Å². The first-order valence-electron chi connectivity index (χ1n) is 7.61. The highest BCUT2D eigenvalue weighted by Crippen LogP contribution is 2.39. The molecule has 1 aliphatic heterocycles. The molecule has 0 radical (unpaired) electrons. The summed E-state index contributed by atoms with van der Waals surface area (Å²) in [6, 6.07) is 8.25. The number of carbonyl (C=O) groups is 1. The molecule has 0 amide bonds. The average Bonchev–Trinajstić information content (AvgIpc) is 2.38. The molecule has 6 heteroatoms. The second kappa shape index (κ2) is 9.48. The molecule has 1 N–H and O–H groups in total. The number of carbonyl (C=O) groups excluding carboxylic acids is 1. The SMILES string of the molecule is CC(=O)Oc1cccc([C@@H](N2CCNCC2)C(C)(C)C)c1.Cl.Cl. The highest BCUT2D eigenvalue weighted by molar-refractivity contribution is 5.85. The number of ether oxygens (including phenoxy) is 1. The maximum atomic E-state index is 11.2. The van der Waals surface area contributed by atoms with E-state index in [1.807, 2.05) is 18.2 Å². The Bertz CT molecular complexity index is 498. The van der Waals surface area contributed by atoms with Crippen LogP contribution in [0.2, 0.25) is 0 Å². The molecule has 1 saturated heterocycles. The van der Waals surface area contributed by atoms with E-state index in [4.69, 9.17) is 4.74 Å². The summed E-state index contributed by atoms with van der Waals surface area (Å²) in [5.41, 5.74) is 1.33. The van der Waals surface area contributed by atoms with Gasteiger partial charge >= 0.3 is 5.97 Å². The maximum absolute atomic E-state index is 11.2. The van der Waals surface area contributed by atoms with E-state index >= 15 is 0 Å². The van der Waals surface area contributed by atoms with Crippen LogP contribution in [0.1, 0.15) is 39.3 Å². The molecule has 0 saturated carbocycles. The zero-order chi connectivity index (χ0) is 15.5. The highest BCUT2D eigenvalue weighted by Gasteiger charge is 2.32. The van der Waals surface area contributed by atoms with Gasteiger partial charge in [-0.15, -0.1) is 24.8 Å². The Balaban J connectivity index is 0.00000242. The number of nitrogens with zero attached hydrogens (tertiary/aromatic N) is 1. The maximum Gasteiger partial charge on any atom is 0.308 e. The fraction of sp³-hybridized carbons (Fsp3) is 0.588. The number of esters is 1. The molecule has 23 heavy (non-hydrogen) atoms. The number of hydrogen-bond donors (Lipinski definition) is 1. The van der Waals surface area contributed by atoms with Gasteiger partial charge in [0, 0.05) is 39.1 Å². The van der Waals surface area contributed by atoms with Crippen LogP contribution in [0.15, 0.2) is 24.3 Å². The van der Waals surface area contributed by atoms with E-state index in [0.29, 0.717) is 11.8 Å². The fourth-order valence-corrected chi connectivity index (χ4v) is 3.11. The number of halogens is 2. The van der Waals surface area contributed by atoms with Gasteiger partial charge in [-0.1, -0.05) is 32.9 Å². The van der Waals surface area contributed by atoms with Crippen molar-refractivity contribution in [3.05, 3.63) is 29.8 Å². The minimum absolute atomic E-state index is 0. The van der Waals surface area contributed by atoms with E-state index in [0.717, 1.165) is 26.2 Å². The second-order valence-electron chi connectivity index (χ2n) is 6.72. The Morgan fingerprint density at radius 3 is 2.35 bits per heavy atom. The Labute approximate surface area is 151 Å². The summed E-state index contributed by atoms with van der Waals surface area (Å²) in [7, 11) is 0. The van der Waals surface area contributed by atoms with Crippen LogP contribution in [0, 0.1) is 5.41 Å². The van der Waals surface area contributed by atoms with Crippen molar-refractivity contribution in [1.29, 1.82) is 0 Å². The normalized spacial score (nSPS) is 16.7. The zero-order valence-corrected chi connectivity index (χ0v) is 15.9. The molecule has 2 rings (SSSR count). The lowest BCUT2D eigenvalue weighted by Gasteiger charge is -2.42. The van der Waals surface area contributed by atoms with Gasteiger partial charge in [0.1, 0.15) is 5.75 Å². The number of nitrogens with one attached hydrogen (secondary N) is 1. The van der Waals surface area contributed by atoms with Gasteiger partial charge in [-0.3, -0.25) is 9.69 Å². The van der Waals surface area contributed by atoms with Crippen molar-refractivity contribution >= 4 is 30.8 Å². The third-order valence-corrected chi connectivity index (χ3v) is 3.77. The van der Waals surface area contributed by atoms with Crippen LogP contribution in [0.5, 0.6) is 5.75 Å². The molecule has 1 heterocycles. The van der Waals surface area contributed by atoms with Gasteiger partial charge in [0.2, 0.25) is 0 Å². The predicted octanol–water partition coefficient (Wildman–Crippen LogP) is 3.45. The standard InChI is InChI=1S/C17H26N2O2.2ClH/c1-13(20)21-15-7-5-6-14(12-15)16(17(2,3)4)19-10-8-18-9-11-19;;/h5-7,12,16,18H,8-11H2,1-4H3;2*1H/t16-;;/m1../s1. The lowest BCUT2D eigenvalue weighted by molar-refractivity contribution is -0.131. The van der Waals surface area contributed by atoms with Crippen LogP contribution in [-0.4, -0.2) is 37.0 Å². The van der Waals surface area contributed by atoms with Crippen molar-refractivity contribution in [2.75, 3.05) is 26.2 Å². The number of rotatable bonds is 3. The topological polar surface area (TPSA) is 41.6 Å². The molecular weight excluding hydrogens is 335 g/mol. The molecule has 1 aromatic rings. The molecule has 0 unspecified atom stereocenters. The molecule has 0 aromatic heterocycles. The van der Waals surface area contributed by atoms with Crippen molar-refractivity contribution in [1.82, 2.24) is 10.2 Å². The summed E-state index contributed by atoms with van der Waals surface area (Å²) in [5, 5.41) is 3.40. The smallest absolute Gasteiger partial charge is 0.308 e. The molecule has 0 spiro atoms. The summed E-state index contributed by atoms with van der Waals surface area (Å²) in [4.78, 5) is 13.7. The summed E-state index contributed by atoms with van der Waals surface area (Å²) in [6.45, 7) is 12.4. The van der Waals surface area contributed by atoms with Gasteiger partial charge in [-0.25, -0.2) is 0 Å². The third-order valence-electron chi connectivity index (χ3n) is 3.77. The van der Waals surface area contributed by atoms with Gasteiger partial charge in [0.05, 0.1) is 0 Å². The first-order valence-corrected chi connectivity index (χ1v) is 7.61. The van der Waals surface area contributed by atoms with Crippen LogP contribution in [0.25, 0.3) is 0 Å². The first kappa shape index (κ1) is 22.2. The first-order chi connectivity index (χ1) is 9.88. The largest absolute Gasteiger partial charge is 0.427 e. The molecule has 0 bridgehead atoms. The van der Waals surface area contributed by atoms with Gasteiger partial charge in [0.15, 0.2) is 0 Å². The number of hydrogen-bond acceptors (Lipinski definition) is 4. The fourth-order valence-electron chi connectivity index (χ4n) is 3.11. The summed E-state index contributed by atoms with van der Waals surface area (Å²) >= 11 is 0. The van der Waals surface area contributed by atoms with E-state index in [1.54, 1.807) is 0 Å². The van der Waals surface area contributed by atoms with Crippen molar-refractivity contribution in [2.24, 2.45) is 5.41 Å². The van der Waals surface area contributed by atoms with Crippen LogP contribution < -0.4 is 10.1 Å². The molecular formula is C17H28Cl2N2O2. The third kappa shape index (κ3) is 6.30. The van der Waals surface area contributed by atoms with Gasteiger partial charge in [-0.05, 0) is 23.1 Å². The van der Waals surface area contributed by atoms with Crippen molar-refractivity contribution in [2.45, 2.75) is 33.7 Å². The van der Waals surface area contributed by atoms with Gasteiger partial charge < -0.3 is 10.1 Å². The van der Waals surface area contributed by atoms with Crippen LogP contribution in [0.4, 0.5) is 0 Å². The van der Waals surface area contributed by atoms with Gasteiger partial charge in [-0.2, -0.15) is 0 Å². The molecule has 1 atom stereocenters. The molecule has 0 aliphatic carbocycles. The molecule has 1 aliphatic rings.